The highest BCUT2D eigenvalue weighted by Gasteiger charge is 2.35. The Morgan fingerprint density at radius 1 is 1.50 bits per heavy atom. The van der Waals surface area contributed by atoms with Crippen LogP contribution in [0.5, 0.6) is 0 Å². The quantitative estimate of drug-likeness (QED) is 0.706. The topological polar surface area (TPSA) is 113 Å². The molecule has 0 aromatic heterocycles. The van der Waals surface area contributed by atoms with Crippen molar-refractivity contribution in [3.63, 3.8) is 0 Å². The maximum Gasteiger partial charge on any atom is 0.321 e. The molecule has 8 heteroatoms. The Kier molecular flexibility index (Phi) is 5.75. The minimum Gasteiger partial charge on any atom is -0.481 e. The van der Waals surface area contributed by atoms with Crippen molar-refractivity contribution < 1.29 is 24.2 Å². The number of urea groups is 1. The molecular weight excluding hydrogens is 266 g/mol. The van der Waals surface area contributed by atoms with Gasteiger partial charge in [-0.15, -0.1) is 0 Å². The molecular formula is C12H21N3O5. The molecule has 3 N–H and O–H groups in total. The molecule has 0 bridgehead atoms. The lowest BCUT2D eigenvalue weighted by atomic mass is 10.2. The number of aliphatic carboxylic acids is 1. The minimum atomic E-state index is -0.975. The van der Waals surface area contributed by atoms with E-state index in [-0.39, 0.29) is 25.6 Å². The predicted molar refractivity (Wildman–Crippen MR) is 70.0 cm³/mol. The molecule has 0 spiro atoms. The fourth-order valence-electron chi connectivity index (χ4n) is 2.23. The summed E-state index contributed by atoms with van der Waals surface area (Å²) >= 11 is 0. The van der Waals surface area contributed by atoms with Crippen LogP contribution < -0.4 is 5.73 Å². The van der Waals surface area contributed by atoms with Crippen molar-refractivity contribution >= 4 is 17.9 Å². The van der Waals surface area contributed by atoms with Crippen LogP contribution in [-0.4, -0.2) is 71.2 Å². The maximum absolute atomic E-state index is 12.5. The van der Waals surface area contributed by atoms with E-state index in [1.807, 2.05) is 0 Å². The second kappa shape index (κ2) is 7.09. The Morgan fingerprint density at radius 2 is 2.15 bits per heavy atom. The lowest BCUT2D eigenvalue weighted by molar-refractivity contribution is -0.138. The van der Waals surface area contributed by atoms with Gasteiger partial charge in [0.15, 0.2) is 0 Å². The lowest BCUT2D eigenvalue weighted by Crippen LogP contribution is -2.59. The molecule has 0 aliphatic carbocycles. The first-order valence-corrected chi connectivity index (χ1v) is 6.54. The van der Waals surface area contributed by atoms with Gasteiger partial charge < -0.3 is 25.4 Å². The summed E-state index contributed by atoms with van der Waals surface area (Å²) in [4.78, 5) is 37.4. The van der Waals surface area contributed by atoms with E-state index in [1.54, 1.807) is 13.8 Å². The molecule has 2 atom stereocenters. The van der Waals surface area contributed by atoms with Gasteiger partial charge in [-0.1, -0.05) is 0 Å². The highest BCUT2D eigenvalue weighted by molar-refractivity contribution is 5.86. The number of carbonyl (C=O) groups excluding carboxylic acids is 2. The number of carboxylic acids is 1. The zero-order valence-corrected chi connectivity index (χ0v) is 11.7. The summed E-state index contributed by atoms with van der Waals surface area (Å²) in [5.41, 5.74) is 5.27. The third-order valence-electron chi connectivity index (χ3n) is 3.29. The molecule has 2 unspecified atom stereocenters. The zero-order chi connectivity index (χ0) is 15.3. The fourth-order valence-corrected chi connectivity index (χ4v) is 2.23. The number of amides is 3. The Labute approximate surface area is 117 Å². The van der Waals surface area contributed by atoms with E-state index >= 15 is 0 Å². The van der Waals surface area contributed by atoms with Gasteiger partial charge in [0.2, 0.25) is 5.91 Å². The van der Waals surface area contributed by atoms with Gasteiger partial charge >= 0.3 is 12.0 Å². The third-order valence-corrected chi connectivity index (χ3v) is 3.29. The second-order valence-corrected chi connectivity index (χ2v) is 4.70. The van der Waals surface area contributed by atoms with Crippen molar-refractivity contribution in [2.45, 2.75) is 32.4 Å². The van der Waals surface area contributed by atoms with E-state index in [9.17, 15) is 14.4 Å². The fraction of sp³-hybridized carbons (Fsp3) is 0.750. The third kappa shape index (κ3) is 3.83. The van der Waals surface area contributed by atoms with E-state index in [1.165, 1.54) is 9.80 Å². The highest BCUT2D eigenvalue weighted by Crippen LogP contribution is 2.14. The van der Waals surface area contributed by atoms with Crippen LogP contribution in [0, 0.1) is 0 Å². The van der Waals surface area contributed by atoms with Gasteiger partial charge in [-0.05, 0) is 13.8 Å². The summed E-state index contributed by atoms with van der Waals surface area (Å²) < 4.78 is 5.15. The molecule has 0 radical (unpaired) electrons. The van der Waals surface area contributed by atoms with Crippen LogP contribution in [0.4, 0.5) is 4.79 Å². The Morgan fingerprint density at radius 3 is 2.65 bits per heavy atom. The summed E-state index contributed by atoms with van der Waals surface area (Å²) in [5.74, 6) is -1.60. The van der Waals surface area contributed by atoms with E-state index in [0.717, 1.165) is 0 Å². The molecule has 0 aromatic rings. The standard InChI is InChI=1S/C12H21N3O5/c1-3-14(8(2)6-10(16)17)12(19)15-4-5-20-7-9(15)11(13)18/h8-9H,3-7H2,1-2H3,(H2,13,18)(H,16,17). The average molecular weight is 287 g/mol. The monoisotopic (exact) mass is 287 g/mol. The van der Waals surface area contributed by atoms with Gasteiger partial charge in [0, 0.05) is 19.1 Å². The van der Waals surface area contributed by atoms with Gasteiger partial charge in [0.1, 0.15) is 6.04 Å². The lowest BCUT2D eigenvalue weighted by Gasteiger charge is -2.38. The summed E-state index contributed by atoms with van der Waals surface area (Å²) in [6.45, 7) is 4.45. The van der Waals surface area contributed by atoms with Crippen molar-refractivity contribution in [3.8, 4) is 0 Å². The molecule has 20 heavy (non-hydrogen) atoms. The van der Waals surface area contributed by atoms with Crippen molar-refractivity contribution in [1.82, 2.24) is 9.80 Å². The number of hydrogen-bond acceptors (Lipinski definition) is 4. The molecule has 0 saturated carbocycles. The summed E-state index contributed by atoms with van der Waals surface area (Å²) in [5, 5.41) is 8.81. The van der Waals surface area contributed by atoms with E-state index < -0.39 is 24.0 Å². The van der Waals surface area contributed by atoms with Gasteiger partial charge in [0.25, 0.3) is 0 Å². The maximum atomic E-state index is 12.5. The van der Waals surface area contributed by atoms with Gasteiger partial charge in [-0.2, -0.15) is 0 Å². The molecule has 1 fully saturated rings. The van der Waals surface area contributed by atoms with Crippen LogP contribution in [-0.2, 0) is 14.3 Å². The summed E-state index contributed by atoms with van der Waals surface area (Å²) in [6, 6.07) is -1.64. The summed E-state index contributed by atoms with van der Waals surface area (Å²) in [7, 11) is 0. The average Bonchev–Trinajstić information content (AvgIpc) is 2.38. The van der Waals surface area contributed by atoms with Gasteiger partial charge in [-0.3, -0.25) is 9.59 Å². The number of hydrogen-bond donors (Lipinski definition) is 2. The number of primary amides is 1. The smallest absolute Gasteiger partial charge is 0.321 e. The molecule has 3 amide bonds. The molecule has 0 aromatic carbocycles. The summed E-state index contributed by atoms with van der Waals surface area (Å²) in [6.07, 6.45) is -0.148. The number of ether oxygens (including phenoxy) is 1. The number of nitrogens with zero attached hydrogens (tertiary/aromatic N) is 2. The molecule has 1 aliphatic heterocycles. The van der Waals surface area contributed by atoms with Crippen molar-refractivity contribution in [1.29, 1.82) is 0 Å². The second-order valence-electron chi connectivity index (χ2n) is 4.70. The van der Waals surface area contributed by atoms with Crippen LogP contribution in [0.1, 0.15) is 20.3 Å². The molecule has 8 nitrogen and oxygen atoms in total. The number of morpholine rings is 1. The van der Waals surface area contributed by atoms with Crippen LogP contribution in [0.15, 0.2) is 0 Å². The normalized spacial score (nSPS) is 20.3. The van der Waals surface area contributed by atoms with Crippen LogP contribution in [0.3, 0.4) is 0 Å². The highest BCUT2D eigenvalue weighted by atomic mass is 16.5. The van der Waals surface area contributed by atoms with Crippen molar-refractivity contribution in [2.24, 2.45) is 5.73 Å². The van der Waals surface area contributed by atoms with E-state index in [2.05, 4.69) is 0 Å². The zero-order valence-electron chi connectivity index (χ0n) is 11.7. The number of carboxylic acid groups (broad SMARTS) is 1. The number of nitrogens with two attached hydrogens (primary N) is 1. The van der Waals surface area contributed by atoms with Gasteiger partial charge in [-0.25, -0.2) is 4.79 Å². The minimum absolute atomic E-state index is 0.0753. The first-order valence-electron chi connectivity index (χ1n) is 6.54. The Hall–Kier alpha value is -1.83. The van der Waals surface area contributed by atoms with E-state index in [4.69, 9.17) is 15.6 Å². The molecule has 114 valence electrons. The van der Waals surface area contributed by atoms with Crippen molar-refractivity contribution in [3.05, 3.63) is 0 Å². The van der Waals surface area contributed by atoms with Crippen LogP contribution in [0.25, 0.3) is 0 Å². The number of carbonyl (C=O) groups is 3. The first-order chi connectivity index (χ1) is 9.38. The Balaban J connectivity index is 2.82. The van der Waals surface area contributed by atoms with Crippen molar-refractivity contribution in [2.75, 3.05) is 26.3 Å². The molecule has 1 rings (SSSR count). The first kappa shape index (κ1) is 16.2. The largest absolute Gasteiger partial charge is 0.481 e. The Bertz CT molecular complexity index is 387. The molecule has 1 aliphatic rings. The van der Waals surface area contributed by atoms with Gasteiger partial charge in [0.05, 0.1) is 19.6 Å². The van der Waals surface area contributed by atoms with Crippen LogP contribution >= 0.6 is 0 Å². The van der Waals surface area contributed by atoms with Crippen LogP contribution in [0.2, 0.25) is 0 Å². The number of rotatable bonds is 5. The van der Waals surface area contributed by atoms with E-state index in [0.29, 0.717) is 13.2 Å². The molecule has 1 heterocycles. The predicted octanol–water partition coefficient (Wildman–Crippen LogP) is -0.522. The SMILES string of the molecule is CCN(C(=O)N1CCOCC1C(N)=O)C(C)CC(=O)O. The molecule has 1 saturated heterocycles.